The number of furan rings is 1. The summed E-state index contributed by atoms with van der Waals surface area (Å²) in [6.45, 7) is -0.000955. The van der Waals surface area contributed by atoms with Gasteiger partial charge in [-0.1, -0.05) is 0 Å². The third-order valence-electron chi connectivity index (χ3n) is 4.48. The second-order valence-corrected chi connectivity index (χ2v) is 6.28. The fraction of sp³-hybridized carbons (Fsp3) is 0.389. The first-order valence-electron chi connectivity index (χ1n) is 8.39. The summed E-state index contributed by atoms with van der Waals surface area (Å²) in [6, 6.07) is 3.96. The minimum Gasteiger partial charge on any atom is -0.508 e. The molecule has 3 N–H and O–H groups in total. The van der Waals surface area contributed by atoms with E-state index in [1.54, 1.807) is 6.07 Å². The molecular formula is C18H20N2O6. The van der Waals surface area contributed by atoms with E-state index in [1.165, 1.54) is 23.3 Å². The van der Waals surface area contributed by atoms with Crippen molar-refractivity contribution >= 4 is 28.8 Å². The molecule has 1 saturated heterocycles. The average molecular weight is 360 g/mol. The molecule has 1 aromatic carbocycles. The van der Waals surface area contributed by atoms with E-state index in [2.05, 4.69) is 0 Å². The van der Waals surface area contributed by atoms with Crippen LogP contribution in [0.15, 0.2) is 28.9 Å². The molecule has 0 aliphatic carbocycles. The van der Waals surface area contributed by atoms with Crippen LogP contribution in [-0.2, 0) is 25.5 Å². The van der Waals surface area contributed by atoms with Gasteiger partial charge in [-0.25, -0.2) is 0 Å². The number of phenols is 1. The number of piperidine rings is 1. The van der Waals surface area contributed by atoms with Gasteiger partial charge in [0.15, 0.2) is 6.61 Å². The summed E-state index contributed by atoms with van der Waals surface area (Å²) in [7, 11) is 0. The van der Waals surface area contributed by atoms with Crippen molar-refractivity contribution in [1.82, 2.24) is 4.90 Å². The maximum absolute atomic E-state index is 12.3. The lowest BCUT2D eigenvalue weighted by Crippen LogP contribution is -2.51. The van der Waals surface area contributed by atoms with Gasteiger partial charge in [-0.2, -0.15) is 0 Å². The molecule has 1 aliphatic heterocycles. The van der Waals surface area contributed by atoms with Crippen molar-refractivity contribution in [2.75, 3.05) is 13.2 Å². The van der Waals surface area contributed by atoms with Crippen LogP contribution in [0, 0.1) is 0 Å². The van der Waals surface area contributed by atoms with Crippen LogP contribution in [0.5, 0.6) is 5.75 Å². The second-order valence-electron chi connectivity index (χ2n) is 6.28. The van der Waals surface area contributed by atoms with E-state index in [0.29, 0.717) is 29.5 Å². The summed E-state index contributed by atoms with van der Waals surface area (Å²) in [5.41, 5.74) is 6.40. The maximum atomic E-state index is 12.3. The lowest BCUT2D eigenvalue weighted by Gasteiger charge is -2.33. The highest BCUT2D eigenvalue weighted by atomic mass is 16.5. The minimum absolute atomic E-state index is 0.0652. The Balaban J connectivity index is 1.58. The quantitative estimate of drug-likeness (QED) is 0.770. The molecule has 2 aromatic rings. The Hall–Kier alpha value is -3.03. The number of amides is 2. The van der Waals surface area contributed by atoms with E-state index in [9.17, 15) is 19.5 Å². The van der Waals surface area contributed by atoms with Crippen LogP contribution in [0.1, 0.15) is 24.8 Å². The highest BCUT2D eigenvalue weighted by Gasteiger charge is 2.31. The molecule has 0 spiro atoms. The Morgan fingerprint density at radius 3 is 2.88 bits per heavy atom. The van der Waals surface area contributed by atoms with Gasteiger partial charge in [0.2, 0.25) is 5.91 Å². The Morgan fingerprint density at radius 1 is 1.31 bits per heavy atom. The van der Waals surface area contributed by atoms with Crippen LogP contribution < -0.4 is 5.73 Å². The van der Waals surface area contributed by atoms with Gasteiger partial charge < -0.3 is 24.9 Å². The number of likely N-dealkylation sites (tertiary alicyclic amines) is 1. The standard InChI is InChI=1S/C18H20N2O6/c19-18(24)14-3-1-2-6-20(14)16(22)10-26-17(23)7-11-9-25-15-8-12(21)4-5-13(11)15/h4-5,8-9,14,21H,1-3,6-7,10H2,(H2,19,24)/t14-/m0/s1. The molecule has 8 nitrogen and oxygen atoms in total. The third-order valence-corrected chi connectivity index (χ3v) is 4.48. The van der Waals surface area contributed by atoms with Crippen LogP contribution >= 0.6 is 0 Å². The maximum Gasteiger partial charge on any atom is 0.310 e. The van der Waals surface area contributed by atoms with Crippen molar-refractivity contribution in [1.29, 1.82) is 0 Å². The summed E-state index contributed by atoms with van der Waals surface area (Å²) >= 11 is 0. The fourth-order valence-corrected chi connectivity index (χ4v) is 3.17. The van der Waals surface area contributed by atoms with Crippen molar-refractivity contribution in [3.8, 4) is 5.75 Å². The smallest absolute Gasteiger partial charge is 0.310 e. The number of rotatable bonds is 5. The molecule has 1 atom stereocenters. The lowest BCUT2D eigenvalue weighted by molar-refractivity contribution is -0.154. The fourth-order valence-electron chi connectivity index (χ4n) is 3.17. The number of nitrogens with two attached hydrogens (primary N) is 1. The van der Waals surface area contributed by atoms with Crippen LogP contribution in [0.2, 0.25) is 0 Å². The molecule has 26 heavy (non-hydrogen) atoms. The van der Waals surface area contributed by atoms with E-state index < -0.39 is 30.4 Å². The first-order chi connectivity index (χ1) is 12.5. The van der Waals surface area contributed by atoms with E-state index >= 15 is 0 Å². The Morgan fingerprint density at radius 2 is 2.12 bits per heavy atom. The topological polar surface area (TPSA) is 123 Å². The highest BCUT2D eigenvalue weighted by molar-refractivity contribution is 5.89. The van der Waals surface area contributed by atoms with Crippen LogP contribution in [0.4, 0.5) is 0 Å². The molecule has 138 valence electrons. The SMILES string of the molecule is NC(=O)[C@@H]1CCCCN1C(=O)COC(=O)Cc1coc2cc(O)ccc12. The summed E-state index contributed by atoms with van der Waals surface area (Å²) in [5, 5.41) is 10.1. The largest absolute Gasteiger partial charge is 0.508 e. The third kappa shape index (κ3) is 3.79. The van der Waals surface area contributed by atoms with Gasteiger partial charge in [0.1, 0.15) is 17.4 Å². The minimum atomic E-state index is -0.638. The van der Waals surface area contributed by atoms with Crippen molar-refractivity contribution < 1.29 is 28.6 Å². The highest BCUT2D eigenvalue weighted by Crippen LogP contribution is 2.25. The van der Waals surface area contributed by atoms with Crippen molar-refractivity contribution in [3.63, 3.8) is 0 Å². The van der Waals surface area contributed by atoms with Gasteiger partial charge in [-0.05, 0) is 31.4 Å². The zero-order chi connectivity index (χ0) is 18.7. The van der Waals surface area contributed by atoms with E-state index in [-0.39, 0.29) is 12.2 Å². The van der Waals surface area contributed by atoms with Crippen molar-refractivity contribution in [2.24, 2.45) is 5.73 Å². The van der Waals surface area contributed by atoms with Crippen molar-refractivity contribution in [3.05, 3.63) is 30.0 Å². The number of nitrogens with zero attached hydrogens (tertiary/aromatic N) is 1. The molecule has 1 aromatic heterocycles. The molecule has 3 rings (SSSR count). The number of aromatic hydroxyl groups is 1. The normalized spacial score (nSPS) is 17.2. The van der Waals surface area contributed by atoms with Gasteiger partial charge >= 0.3 is 5.97 Å². The molecule has 0 radical (unpaired) electrons. The number of ether oxygens (including phenoxy) is 1. The number of phenolic OH excluding ortho intramolecular Hbond substituents is 1. The first-order valence-corrected chi connectivity index (χ1v) is 8.39. The summed E-state index contributed by atoms with van der Waals surface area (Å²) < 4.78 is 10.4. The molecule has 2 amide bonds. The van der Waals surface area contributed by atoms with Gasteiger partial charge in [-0.3, -0.25) is 14.4 Å². The van der Waals surface area contributed by atoms with E-state index in [1.807, 2.05) is 0 Å². The predicted octanol–water partition coefficient (Wildman–Crippen LogP) is 1.09. The number of fused-ring (bicyclic) bond motifs is 1. The molecule has 0 unspecified atom stereocenters. The molecular weight excluding hydrogens is 340 g/mol. The molecule has 2 heterocycles. The Kier molecular flexibility index (Phi) is 5.11. The van der Waals surface area contributed by atoms with Gasteiger partial charge in [0.25, 0.3) is 5.91 Å². The van der Waals surface area contributed by atoms with E-state index in [0.717, 1.165) is 12.8 Å². The lowest BCUT2D eigenvalue weighted by atomic mass is 10.0. The molecule has 1 aliphatic rings. The summed E-state index contributed by atoms with van der Waals surface area (Å²) in [5.74, 6) is -1.49. The predicted molar refractivity (Wildman–Crippen MR) is 91.1 cm³/mol. The Labute approximate surface area is 149 Å². The number of hydrogen-bond acceptors (Lipinski definition) is 6. The number of carbonyl (C=O) groups is 3. The van der Waals surface area contributed by atoms with Crippen molar-refractivity contribution in [2.45, 2.75) is 31.7 Å². The van der Waals surface area contributed by atoms with Gasteiger partial charge in [0, 0.05) is 23.6 Å². The Bertz CT molecular complexity index is 843. The second kappa shape index (κ2) is 7.47. The van der Waals surface area contributed by atoms with Crippen LogP contribution in [-0.4, -0.2) is 47.0 Å². The number of benzene rings is 1. The average Bonchev–Trinajstić information content (AvgIpc) is 3.01. The number of esters is 1. The first kappa shape index (κ1) is 17.8. The number of hydrogen-bond donors (Lipinski definition) is 2. The van der Waals surface area contributed by atoms with Gasteiger partial charge in [0.05, 0.1) is 12.7 Å². The summed E-state index contributed by atoms with van der Waals surface area (Å²) in [6.07, 6.45) is 3.51. The van der Waals surface area contributed by atoms with Gasteiger partial charge in [-0.15, -0.1) is 0 Å². The zero-order valence-corrected chi connectivity index (χ0v) is 14.1. The van der Waals surface area contributed by atoms with Crippen LogP contribution in [0.25, 0.3) is 11.0 Å². The zero-order valence-electron chi connectivity index (χ0n) is 14.1. The van der Waals surface area contributed by atoms with Crippen LogP contribution in [0.3, 0.4) is 0 Å². The molecule has 8 heteroatoms. The molecule has 1 fully saturated rings. The number of carbonyl (C=O) groups excluding carboxylic acids is 3. The molecule has 0 saturated carbocycles. The monoisotopic (exact) mass is 360 g/mol. The number of primary amides is 1. The van der Waals surface area contributed by atoms with E-state index in [4.69, 9.17) is 14.9 Å². The summed E-state index contributed by atoms with van der Waals surface area (Å²) in [4.78, 5) is 37.2. The molecule has 0 bridgehead atoms.